The van der Waals surface area contributed by atoms with Crippen LogP contribution >= 0.6 is 11.6 Å². The highest BCUT2D eigenvalue weighted by Gasteiger charge is 2.09. The normalized spacial score (nSPS) is 11.2. The van der Waals surface area contributed by atoms with Gasteiger partial charge in [0.25, 0.3) is 0 Å². The van der Waals surface area contributed by atoms with E-state index < -0.39 is 0 Å². The predicted molar refractivity (Wildman–Crippen MR) is 108 cm³/mol. The Morgan fingerprint density at radius 1 is 1.00 bits per heavy atom. The Hall–Kier alpha value is -2.52. The molecule has 0 aliphatic rings. The Morgan fingerprint density at radius 2 is 1.72 bits per heavy atom. The first-order valence-electron chi connectivity index (χ1n) is 8.22. The summed E-state index contributed by atoms with van der Waals surface area (Å²) in [5.74, 6) is 0. The minimum absolute atomic E-state index is 0.695. The zero-order chi connectivity index (χ0) is 18.0. The molecule has 0 N–H and O–H groups in total. The number of halogens is 1. The van der Waals surface area contributed by atoms with Crippen molar-refractivity contribution in [1.29, 1.82) is 0 Å². The smallest absolute Gasteiger partial charge is 0.0644 e. The van der Waals surface area contributed by atoms with Gasteiger partial charge in [0.2, 0.25) is 0 Å². The van der Waals surface area contributed by atoms with Gasteiger partial charge in [-0.1, -0.05) is 17.7 Å². The summed E-state index contributed by atoms with van der Waals surface area (Å²) in [6, 6.07) is 18.3. The first-order valence-corrected chi connectivity index (χ1v) is 8.60. The Bertz CT molecular complexity index is 905. The summed E-state index contributed by atoms with van der Waals surface area (Å²) >= 11 is 6.02. The number of hydrogen-bond acceptors (Lipinski definition) is 2. The molecule has 1 aromatic heterocycles. The third-order valence-electron chi connectivity index (χ3n) is 4.26. The first kappa shape index (κ1) is 17.3. The summed E-state index contributed by atoms with van der Waals surface area (Å²) < 4.78 is 2.25. The van der Waals surface area contributed by atoms with E-state index in [1.807, 2.05) is 44.6 Å². The molecule has 0 unspecified atom stereocenters. The summed E-state index contributed by atoms with van der Waals surface area (Å²) in [6.07, 6.45) is 1.90. The van der Waals surface area contributed by atoms with Crippen molar-refractivity contribution in [2.45, 2.75) is 13.8 Å². The van der Waals surface area contributed by atoms with Gasteiger partial charge in [-0.2, -0.15) is 0 Å². The van der Waals surface area contributed by atoms with Gasteiger partial charge in [-0.25, -0.2) is 0 Å². The van der Waals surface area contributed by atoms with E-state index >= 15 is 0 Å². The Balaban J connectivity index is 1.93. The van der Waals surface area contributed by atoms with Crippen LogP contribution in [0.3, 0.4) is 0 Å². The molecule has 25 heavy (non-hydrogen) atoms. The molecular weight excluding hydrogens is 330 g/mol. The summed E-state index contributed by atoms with van der Waals surface area (Å²) in [5, 5.41) is 0.695. The Kier molecular flexibility index (Phi) is 4.95. The fourth-order valence-corrected chi connectivity index (χ4v) is 3.10. The van der Waals surface area contributed by atoms with E-state index in [-0.39, 0.29) is 0 Å². The molecule has 1 heterocycles. The number of rotatable bonds is 4. The second kappa shape index (κ2) is 7.16. The van der Waals surface area contributed by atoms with Crippen molar-refractivity contribution >= 4 is 29.2 Å². The van der Waals surface area contributed by atoms with Gasteiger partial charge in [0, 0.05) is 53.7 Å². The highest BCUT2D eigenvalue weighted by molar-refractivity contribution is 6.30. The van der Waals surface area contributed by atoms with Crippen LogP contribution in [0.15, 0.2) is 59.6 Å². The maximum absolute atomic E-state index is 6.02. The van der Waals surface area contributed by atoms with Crippen molar-refractivity contribution in [1.82, 2.24) is 4.57 Å². The zero-order valence-electron chi connectivity index (χ0n) is 15.0. The van der Waals surface area contributed by atoms with Crippen LogP contribution in [0.1, 0.15) is 17.0 Å². The SMILES string of the molecule is Cc1cc(C=Nc2cccc(Cl)c2)c(C)n1-c1ccc(N(C)C)cc1. The van der Waals surface area contributed by atoms with Crippen LogP contribution in [0.2, 0.25) is 5.02 Å². The highest BCUT2D eigenvalue weighted by Crippen LogP contribution is 2.23. The number of aromatic nitrogens is 1. The fraction of sp³-hybridized carbons (Fsp3) is 0.190. The molecule has 0 radical (unpaired) electrons. The molecule has 0 aliphatic heterocycles. The summed E-state index contributed by atoms with van der Waals surface area (Å²) in [7, 11) is 4.09. The molecule has 0 saturated carbocycles. The molecule has 128 valence electrons. The van der Waals surface area contributed by atoms with E-state index in [4.69, 9.17) is 11.6 Å². The largest absolute Gasteiger partial charge is 0.378 e. The lowest BCUT2D eigenvalue weighted by Crippen LogP contribution is -2.08. The molecule has 0 amide bonds. The van der Waals surface area contributed by atoms with Crippen LogP contribution in [0, 0.1) is 13.8 Å². The standard InChI is InChI=1S/C21H22ClN3/c1-15-12-17(14-23-19-7-5-6-18(22)13-19)16(2)25(15)21-10-8-20(9-11-21)24(3)4/h5-14H,1-4H3. The molecule has 3 rings (SSSR count). The van der Waals surface area contributed by atoms with Gasteiger partial charge in [0.15, 0.2) is 0 Å². The fourth-order valence-electron chi connectivity index (χ4n) is 2.92. The monoisotopic (exact) mass is 351 g/mol. The predicted octanol–water partition coefficient (Wildman–Crippen LogP) is 5.56. The number of anilines is 1. The van der Waals surface area contributed by atoms with E-state index in [1.54, 1.807) is 0 Å². The van der Waals surface area contributed by atoms with E-state index in [9.17, 15) is 0 Å². The van der Waals surface area contributed by atoms with Gasteiger partial charge in [-0.15, -0.1) is 0 Å². The molecule has 0 fully saturated rings. The minimum atomic E-state index is 0.695. The third kappa shape index (κ3) is 3.77. The second-order valence-corrected chi connectivity index (χ2v) is 6.75. The number of nitrogens with zero attached hydrogens (tertiary/aromatic N) is 3. The average molecular weight is 352 g/mol. The summed E-state index contributed by atoms with van der Waals surface area (Å²) in [5.41, 5.74) is 6.65. The molecule has 0 bridgehead atoms. The minimum Gasteiger partial charge on any atom is -0.378 e. The van der Waals surface area contributed by atoms with Gasteiger partial charge in [-0.05, 0) is 62.4 Å². The van der Waals surface area contributed by atoms with Crippen molar-refractivity contribution in [3.05, 3.63) is 76.6 Å². The van der Waals surface area contributed by atoms with Crippen LogP contribution in [0.25, 0.3) is 5.69 Å². The summed E-state index contributed by atoms with van der Waals surface area (Å²) in [6.45, 7) is 4.23. The van der Waals surface area contributed by atoms with Crippen molar-refractivity contribution in [3.8, 4) is 5.69 Å². The van der Waals surface area contributed by atoms with Gasteiger partial charge in [0.05, 0.1) is 5.69 Å². The molecular formula is C21H22ClN3. The van der Waals surface area contributed by atoms with E-state index in [0.717, 1.165) is 16.9 Å². The van der Waals surface area contributed by atoms with Crippen molar-refractivity contribution < 1.29 is 0 Å². The Labute approximate surface area is 154 Å². The van der Waals surface area contributed by atoms with Gasteiger partial charge in [0.1, 0.15) is 0 Å². The lowest BCUT2D eigenvalue weighted by atomic mass is 10.2. The molecule has 0 atom stereocenters. The van der Waals surface area contributed by atoms with Crippen LogP contribution in [-0.2, 0) is 0 Å². The van der Waals surface area contributed by atoms with Crippen molar-refractivity contribution in [2.24, 2.45) is 4.99 Å². The molecule has 0 spiro atoms. The number of aryl methyl sites for hydroxylation is 1. The molecule has 0 saturated heterocycles. The quantitative estimate of drug-likeness (QED) is 0.563. The summed E-state index contributed by atoms with van der Waals surface area (Å²) in [4.78, 5) is 6.65. The van der Waals surface area contributed by atoms with Crippen LogP contribution in [0.5, 0.6) is 0 Å². The van der Waals surface area contributed by atoms with Gasteiger partial charge in [-0.3, -0.25) is 4.99 Å². The Morgan fingerprint density at radius 3 is 2.36 bits per heavy atom. The maximum Gasteiger partial charge on any atom is 0.0644 e. The highest BCUT2D eigenvalue weighted by atomic mass is 35.5. The first-order chi connectivity index (χ1) is 12.0. The van der Waals surface area contributed by atoms with Crippen molar-refractivity contribution in [2.75, 3.05) is 19.0 Å². The van der Waals surface area contributed by atoms with E-state index in [2.05, 4.69) is 58.6 Å². The molecule has 0 aliphatic carbocycles. The molecule has 2 aromatic carbocycles. The van der Waals surface area contributed by atoms with Gasteiger partial charge >= 0.3 is 0 Å². The van der Waals surface area contributed by atoms with Crippen LogP contribution < -0.4 is 4.90 Å². The maximum atomic E-state index is 6.02. The molecule has 3 aromatic rings. The van der Waals surface area contributed by atoms with Crippen LogP contribution in [0.4, 0.5) is 11.4 Å². The van der Waals surface area contributed by atoms with Gasteiger partial charge < -0.3 is 9.47 Å². The van der Waals surface area contributed by atoms with Crippen molar-refractivity contribution in [3.63, 3.8) is 0 Å². The molecule has 4 heteroatoms. The van der Waals surface area contributed by atoms with E-state index in [1.165, 1.54) is 17.1 Å². The molecule has 3 nitrogen and oxygen atoms in total. The number of hydrogen-bond donors (Lipinski definition) is 0. The topological polar surface area (TPSA) is 20.5 Å². The van der Waals surface area contributed by atoms with Crippen LogP contribution in [-0.4, -0.2) is 24.9 Å². The average Bonchev–Trinajstić information content (AvgIpc) is 2.87. The number of aliphatic imine (C=N–C) groups is 1. The van der Waals surface area contributed by atoms with E-state index in [0.29, 0.717) is 5.02 Å². The number of benzene rings is 2. The lowest BCUT2D eigenvalue weighted by molar-refractivity contribution is 0.963. The third-order valence-corrected chi connectivity index (χ3v) is 4.49. The second-order valence-electron chi connectivity index (χ2n) is 6.31. The zero-order valence-corrected chi connectivity index (χ0v) is 15.7. The lowest BCUT2D eigenvalue weighted by Gasteiger charge is -2.14.